The van der Waals surface area contributed by atoms with Crippen molar-refractivity contribution < 1.29 is 14.3 Å². The molecule has 0 aliphatic heterocycles. The van der Waals surface area contributed by atoms with Crippen molar-refractivity contribution in [1.82, 2.24) is 9.55 Å². The summed E-state index contributed by atoms with van der Waals surface area (Å²) in [5.74, 6) is 0.707. The third kappa shape index (κ3) is 3.77. The van der Waals surface area contributed by atoms with Crippen molar-refractivity contribution >= 4 is 33.1 Å². The number of rotatable bonds is 6. The van der Waals surface area contributed by atoms with E-state index in [0.29, 0.717) is 27.4 Å². The summed E-state index contributed by atoms with van der Waals surface area (Å²) in [6, 6.07) is 14.9. The molecule has 0 bridgehead atoms. The molecule has 1 N–H and O–H groups in total. The average molecular weight is 421 g/mol. The molecule has 0 aliphatic rings. The molecule has 0 fully saturated rings. The Hall–Kier alpha value is -3.65. The molecule has 0 unspecified atom stereocenters. The van der Waals surface area contributed by atoms with Crippen LogP contribution in [0.25, 0.3) is 21.3 Å². The molecule has 2 heterocycles. The summed E-state index contributed by atoms with van der Waals surface area (Å²) >= 11 is 1.33. The van der Waals surface area contributed by atoms with E-state index in [1.54, 1.807) is 25.3 Å². The standard InChI is InChI=1S/C22H19N3O4S/c1-28-15-8-9-18(29-2)17(10-15)24-19(26)11-25-13-23-20-16(12-30-21(20)22(25)27)14-6-4-3-5-7-14/h3-10,12-13H,11H2,1-2H3,(H,24,26). The Balaban J connectivity index is 1.60. The topological polar surface area (TPSA) is 82.4 Å². The second kappa shape index (κ2) is 8.38. The zero-order chi connectivity index (χ0) is 21.1. The Labute approximate surface area is 176 Å². The monoisotopic (exact) mass is 421 g/mol. The lowest BCUT2D eigenvalue weighted by Crippen LogP contribution is -2.27. The number of anilines is 1. The highest BCUT2D eigenvalue weighted by atomic mass is 32.1. The van der Waals surface area contributed by atoms with Gasteiger partial charge >= 0.3 is 0 Å². The molecule has 2 aromatic heterocycles. The molecule has 4 rings (SSSR count). The molecule has 2 aromatic carbocycles. The molecule has 0 aliphatic carbocycles. The van der Waals surface area contributed by atoms with Crippen LogP contribution in [0, 0.1) is 0 Å². The van der Waals surface area contributed by atoms with Gasteiger partial charge in [-0.05, 0) is 17.7 Å². The number of nitrogens with zero attached hydrogens (tertiary/aromatic N) is 2. The van der Waals surface area contributed by atoms with Crippen LogP contribution >= 0.6 is 11.3 Å². The van der Waals surface area contributed by atoms with Crippen LogP contribution in [0.2, 0.25) is 0 Å². The summed E-state index contributed by atoms with van der Waals surface area (Å²) in [7, 11) is 3.06. The summed E-state index contributed by atoms with van der Waals surface area (Å²) in [6.45, 7) is -0.166. The van der Waals surface area contributed by atoms with E-state index in [1.165, 1.54) is 29.3 Å². The van der Waals surface area contributed by atoms with Gasteiger partial charge in [0, 0.05) is 17.0 Å². The normalized spacial score (nSPS) is 10.7. The van der Waals surface area contributed by atoms with E-state index in [1.807, 2.05) is 35.7 Å². The molecular formula is C22H19N3O4S. The van der Waals surface area contributed by atoms with E-state index in [4.69, 9.17) is 9.47 Å². The predicted molar refractivity (Wildman–Crippen MR) is 117 cm³/mol. The van der Waals surface area contributed by atoms with E-state index in [0.717, 1.165) is 11.1 Å². The van der Waals surface area contributed by atoms with Crippen LogP contribution < -0.4 is 20.3 Å². The highest BCUT2D eigenvalue weighted by molar-refractivity contribution is 7.17. The SMILES string of the molecule is COc1ccc(OC)c(NC(=O)Cn2cnc3c(-c4ccccc4)csc3c2=O)c1. The Morgan fingerprint density at radius 3 is 2.67 bits per heavy atom. The summed E-state index contributed by atoms with van der Waals surface area (Å²) in [5.41, 5.74) is 2.76. The highest BCUT2D eigenvalue weighted by Crippen LogP contribution is 2.31. The van der Waals surface area contributed by atoms with Crippen LogP contribution in [-0.4, -0.2) is 29.7 Å². The maximum atomic E-state index is 12.9. The molecule has 152 valence electrons. The lowest BCUT2D eigenvalue weighted by Gasteiger charge is -2.12. The Morgan fingerprint density at radius 1 is 1.13 bits per heavy atom. The molecule has 0 spiro atoms. The van der Waals surface area contributed by atoms with Crippen molar-refractivity contribution in [3.63, 3.8) is 0 Å². The average Bonchev–Trinajstić information content (AvgIpc) is 3.21. The fraction of sp³-hybridized carbons (Fsp3) is 0.136. The number of carbonyl (C=O) groups excluding carboxylic acids is 1. The fourth-order valence-electron chi connectivity index (χ4n) is 3.13. The molecular weight excluding hydrogens is 402 g/mol. The third-order valence-corrected chi connectivity index (χ3v) is 5.58. The number of fused-ring (bicyclic) bond motifs is 1. The Morgan fingerprint density at radius 2 is 1.93 bits per heavy atom. The van der Waals surface area contributed by atoms with Crippen LogP contribution in [-0.2, 0) is 11.3 Å². The van der Waals surface area contributed by atoms with Crippen molar-refractivity contribution in [2.75, 3.05) is 19.5 Å². The maximum absolute atomic E-state index is 12.9. The number of methoxy groups -OCH3 is 2. The van der Waals surface area contributed by atoms with Crippen molar-refractivity contribution in [2.45, 2.75) is 6.54 Å². The molecule has 8 heteroatoms. The quantitative estimate of drug-likeness (QED) is 0.512. The molecule has 30 heavy (non-hydrogen) atoms. The predicted octanol–water partition coefficient (Wildman–Crippen LogP) is 3.78. The molecule has 1 amide bonds. The first kappa shape index (κ1) is 19.7. The van der Waals surface area contributed by atoms with Gasteiger partial charge in [0.15, 0.2) is 0 Å². The van der Waals surface area contributed by atoms with Crippen molar-refractivity contribution in [2.24, 2.45) is 0 Å². The first-order valence-electron chi connectivity index (χ1n) is 9.14. The van der Waals surface area contributed by atoms with Gasteiger partial charge in [-0.3, -0.25) is 14.2 Å². The van der Waals surface area contributed by atoms with Crippen LogP contribution in [0.1, 0.15) is 0 Å². The van der Waals surface area contributed by atoms with Crippen LogP contribution in [0.3, 0.4) is 0 Å². The molecule has 0 saturated carbocycles. The second-order valence-corrected chi connectivity index (χ2v) is 7.36. The largest absolute Gasteiger partial charge is 0.497 e. The smallest absolute Gasteiger partial charge is 0.271 e. The number of carbonyl (C=O) groups is 1. The summed E-state index contributed by atoms with van der Waals surface area (Å²) in [6.07, 6.45) is 1.41. The van der Waals surface area contributed by atoms with E-state index in [2.05, 4.69) is 10.3 Å². The third-order valence-electron chi connectivity index (χ3n) is 4.63. The minimum Gasteiger partial charge on any atom is -0.497 e. The number of amides is 1. The molecule has 4 aromatic rings. The van der Waals surface area contributed by atoms with Crippen molar-refractivity contribution in [3.05, 3.63) is 70.6 Å². The molecule has 0 atom stereocenters. The summed E-state index contributed by atoms with van der Waals surface area (Å²) in [5, 5.41) is 4.68. The van der Waals surface area contributed by atoms with Gasteiger partial charge in [-0.2, -0.15) is 0 Å². The van der Waals surface area contributed by atoms with Gasteiger partial charge in [0.05, 0.1) is 31.8 Å². The lowest BCUT2D eigenvalue weighted by molar-refractivity contribution is -0.116. The van der Waals surface area contributed by atoms with Gasteiger partial charge in [0.1, 0.15) is 22.7 Å². The second-order valence-electron chi connectivity index (χ2n) is 6.49. The van der Waals surface area contributed by atoms with E-state index in [-0.39, 0.29) is 18.0 Å². The molecule has 0 radical (unpaired) electrons. The molecule has 0 saturated heterocycles. The van der Waals surface area contributed by atoms with Gasteiger partial charge in [-0.25, -0.2) is 4.98 Å². The zero-order valence-electron chi connectivity index (χ0n) is 16.4. The first-order chi connectivity index (χ1) is 14.6. The first-order valence-corrected chi connectivity index (χ1v) is 10.0. The fourth-order valence-corrected chi connectivity index (χ4v) is 4.11. The number of ether oxygens (including phenoxy) is 2. The lowest BCUT2D eigenvalue weighted by atomic mass is 10.1. The van der Waals surface area contributed by atoms with E-state index < -0.39 is 0 Å². The maximum Gasteiger partial charge on any atom is 0.271 e. The van der Waals surface area contributed by atoms with Gasteiger partial charge < -0.3 is 14.8 Å². The number of thiophene rings is 1. The van der Waals surface area contributed by atoms with Gasteiger partial charge in [-0.1, -0.05) is 30.3 Å². The number of nitrogens with one attached hydrogen (secondary N) is 1. The minimum absolute atomic E-state index is 0.166. The zero-order valence-corrected chi connectivity index (χ0v) is 17.2. The van der Waals surface area contributed by atoms with Crippen molar-refractivity contribution in [1.29, 1.82) is 0 Å². The summed E-state index contributed by atoms with van der Waals surface area (Å²) < 4.78 is 12.3. The van der Waals surface area contributed by atoms with E-state index in [9.17, 15) is 9.59 Å². The highest BCUT2D eigenvalue weighted by Gasteiger charge is 2.15. The number of aromatic nitrogens is 2. The van der Waals surface area contributed by atoms with Gasteiger partial charge in [0.25, 0.3) is 5.56 Å². The Kier molecular flexibility index (Phi) is 5.49. The van der Waals surface area contributed by atoms with Crippen molar-refractivity contribution in [3.8, 4) is 22.6 Å². The van der Waals surface area contributed by atoms with Gasteiger partial charge in [-0.15, -0.1) is 11.3 Å². The minimum atomic E-state index is -0.371. The number of hydrogen-bond acceptors (Lipinski definition) is 6. The summed E-state index contributed by atoms with van der Waals surface area (Å²) in [4.78, 5) is 29.9. The van der Waals surface area contributed by atoms with Crippen LogP contribution in [0.5, 0.6) is 11.5 Å². The van der Waals surface area contributed by atoms with Crippen LogP contribution in [0.15, 0.2) is 65.0 Å². The molecule has 7 nitrogen and oxygen atoms in total. The van der Waals surface area contributed by atoms with E-state index >= 15 is 0 Å². The van der Waals surface area contributed by atoms with Crippen LogP contribution in [0.4, 0.5) is 5.69 Å². The number of hydrogen-bond donors (Lipinski definition) is 1. The van der Waals surface area contributed by atoms with Gasteiger partial charge in [0.2, 0.25) is 5.91 Å². The number of benzene rings is 2. The Bertz CT molecular complexity index is 1260.